The standard InChI is InChI=1S/C15H14ClN5/c1-2-21-10-12(9-19-21)8-18-14-5-3-4-13(16)15(14)20-7-6-17-11-20/h2-7,9-11,18H,1,8H2. The third-order valence-electron chi connectivity index (χ3n) is 3.07. The first kappa shape index (κ1) is 13.5. The smallest absolute Gasteiger partial charge is 0.0992 e. The lowest BCUT2D eigenvalue weighted by atomic mass is 10.2. The lowest BCUT2D eigenvalue weighted by Gasteiger charge is -2.13. The molecule has 0 atom stereocenters. The maximum Gasteiger partial charge on any atom is 0.0992 e. The Morgan fingerprint density at radius 3 is 3.00 bits per heavy atom. The summed E-state index contributed by atoms with van der Waals surface area (Å²) < 4.78 is 3.56. The van der Waals surface area contributed by atoms with Crippen molar-refractivity contribution < 1.29 is 0 Å². The predicted molar refractivity (Wildman–Crippen MR) is 84.5 cm³/mol. The van der Waals surface area contributed by atoms with Crippen LogP contribution in [0.2, 0.25) is 5.02 Å². The minimum absolute atomic E-state index is 0.649. The monoisotopic (exact) mass is 299 g/mol. The normalized spacial score (nSPS) is 10.5. The lowest BCUT2D eigenvalue weighted by Crippen LogP contribution is -2.03. The molecule has 2 aromatic heterocycles. The van der Waals surface area contributed by atoms with E-state index in [4.69, 9.17) is 11.6 Å². The molecule has 0 spiro atoms. The molecule has 3 aromatic rings. The molecule has 0 aliphatic heterocycles. The van der Waals surface area contributed by atoms with E-state index in [9.17, 15) is 0 Å². The highest BCUT2D eigenvalue weighted by Crippen LogP contribution is 2.28. The first-order valence-electron chi connectivity index (χ1n) is 6.44. The van der Waals surface area contributed by atoms with Crippen molar-refractivity contribution in [1.82, 2.24) is 19.3 Å². The van der Waals surface area contributed by atoms with Gasteiger partial charge >= 0.3 is 0 Å². The van der Waals surface area contributed by atoms with Gasteiger partial charge in [0.1, 0.15) is 0 Å². The van der Waals surface area contributed by atoms with Gasteiger partial charge in [0.05, 0.1) is 28.9 Å². The van der Waals surface area contributed by atoms with Crippen LogP contribution in [0.15, 0.2) is 55.9 Å². The van der Waals surface area contributed by atoms with Gasteiger partial charge in [0.15, 0.2) is 0 Å². The summed E-state index contributed by atoms with van der Waals surface area (Å²) in [7, 11) is 0. The van der Waals surface area contributed by atoms with Crippen molar-refractivity contribution in [3.8, 4) is 5.69 Å². The fourth-order valence-corrected chi connectivity index (χ4v) is 2.35. The van der Waals surface area contributed by atoms with Gasteiger partial charge in [0, 0.05) is 36.9 Å². The van der Waals surface area contributed by atoms with Crippen molar-refractivity contribution in [2.45, 2.75) is 6.54 Å². The summed E-state index contributed by atoms with van der Waals surface area (Å²) in [6.45, 7) is 4.32. The number of para-hydroxylation sites is 1. The molecule has 0 unspecified atom stereocenters. The van der Waals surface area contributed by atoms with Gasteiger partial charge in [0.2, 0.25) is 0 Å². The predicted octanol–water partition coefficient (Wildman–Crippen LogP) is 3.43. The van der Waals surface area contributed by atoms with Gasteiger partial charge in [-0.15, -0.1) is 0 Å². The highest BCUT2D eigenvalue weighted by Gasteiger charge is 2.09. The molecular formula is C15H14ClN5. The van der Waals surface area contributed by atoms with Gasteiger partial charge in [-0.2, -0.15) is 5.10 Å². The maximum atomic E-state index is 6.31. The van der Waals surface area contributed by atoms with Crippen LogP contribution in [-0.4, -0.2) is 19.3 Å². The molecule has 0 aliphatic carbocycles. The van der Waals surface area contributed by atoms with Crippen LogP contribution in [0.5, 0.6) is 0 Å². The second kappa shape index (κ2) is 5.85. The summed E-state index contributed by atoms with van der Waals surface area (Å²) in [5.74, 6) is 0. The molecule has 0 radical (unpaired) electrons. The highest BCUT2D eigenvalue weighted by molar-refractivity contribution is 6.33. The van der Waals surface area contributed by atoms with Crippen molar-refractivity contribution in [3.63, 3.8) is 0 Å². The summed E-state index contributed by atoms with van der Waals surface area (Å²) in [6, 6.07) is 5.76. The molecule has 2 heterocycles. The van der Waals surface area contributed by atoms with Crippen LogP contribution in [0.25, 0.3) is 11.9 Å². The van der Waals surface area contributed by atoms with E-state index in [0.29, 0.717) is 11.6 Å². The topological polar surface area (TPSA) is 47.7 Å². The van der Waals surface area contributed by atoms with Crippen LogP contribution in [0.3, 0.4) is 0 Å². The van der Waals surface area contributed by atoms with Crippen LogP contribution in [0, 0.1) is 0 Å². The molecule has 0 saturated heterocycles. The van der Waals surface area contributed by atoms with Gasteiger partial charge in [-0.05, 0) is 12.1 Å². The average Bonchev–Trinajstić information content (AvgIpc) is 3.16. The van der Waals surface area contributed by atoms with Gasteiger partial charge in [-0.3, -0.25) is 0 Å². The molecular weight excluding hydrogens is 286 g/mol. The summed E-state index contributed by atoms with van der Waals surface area (Å²) in [5.41, 5.74) is 2.88. The van der Waals surface area contributed by atoms with Crippen molar-refractivity contribution in [2.75, 3.05) is 5.32 Å². The van der Waals surface area contributed by atoms with Crippen LogP contribution in [-0.2, 0) is 6.54 Å². The quantitative estimate of drug-likeness (QED) is 0.785. The van der Waals surface area contributed by atoms with Crippen molar-refractivity contribution in [3.05, 3.63) is 66.5 Å². The molecule has 6 heteroatoms. The summed E-state index contributed by atoms with van der Waals surface area (Å²) in [5, 5.41) is 8.20. The van der Waals surface area contributed by atoms with E-state index in [1.165, 1.54) is 0 Å². The Labute approximate surface area is 127 Å². The van der Waals surface area contributed by atoms with Gasteiger partial charge in [-0.1, -0.05) is 24.2 Å². The zero-order valence-corrected chi connectivity index (χ0v) is 12.0. The van der Waals surface area contributed by atoms with Crippen LogP contribution in [0.1, 0.15) is 5.56 Å². The number of imidazole rings is 1. The number of halogens is 1. The molecule has 0 saturated carbocycles. The first-order valence-corrected chi connectivity index (χ1v) is 6.82. The maximum absolute atomic E-state index is 6.31. The molecule has 3 rings (SSSR count). The van der Waals surface area contributed by atoms with E-state index in [0.717, 1.165) is 16.9 Å². The van der Waals surface area contributed by atoms with Crippen molar-refractivity contribution in [2.24, 2.45) is 0 Å². The zero-order valence-electron chi connectivity index (χ0n) is 11.3. The Hall–Kier alpha value is -2.53. The molecule has 1 aromatic carbocycles. The molecule has 21 heavy (non-hydrogen) atoms. The van der Waals surface area contributed by atoms with E-state index < -0.39 is 0 Å². The molecule has 1 N–H and O–H groups in total. The Kier molecular flexibility index (Phi) is 3.75. The van der Waals surface area contributed by atoms with Gasteiger partial charge < -0.3 is 9.88 Å². The molecule has 0 fully saturated rings. The van der Waals surface area contributed by atoms with Crippen molar-refractivity contribution >= 4 is 23.5 Å². The fraction of sp³-hybridized carbons (Fsp3) is 0.0667. The van der Waals surface area contributed by atoms with E-state index >= 15 is 0 Å². The number of nitrogens with zero attached hydrogens (tertiary/aromatic N) is 4. The average molecular weight is 300 g/mol. The molecule has 0 aliphatic rings. The number of rotatable bonds is 5. The number of benzene rings is 1. The molecule has 5 nitrogen and oxygen atoms in total. The van der Waals surface area contributed by atoms with Crippen LogP contribution >= 0.6 is 11.6 Å². The SMILES string of the molecule is C=Cn1cc(CNc2cccc(Cl)c2-n2ccnc2)cn1. The lowest BCUT2D eigenvalue weighted by molar-refractivity contribution is 0.936. The second-order valence-corrected chi connectivity index (χ2v) is 4.88. The van der Waals surface area contributed by atoms with Gasteiger partial charge in [0.25, 0.3) is 0 Å². The Balaban J connectivity index is 1.85. The van der Waals surface area contributed by atoms with E-state index in [1.807, 2.05) is 35.2 Å². The molecule has 0 bridgehead atoms. The third kappa shape index (κ3) is 2.83. The van der Waals surface area contributed by atoms with Crippen LogP contribution < -0.4 is 5.32 Å². The molecule has 106 valence electrons. The second-order valence-electron chi connectivity index (χ2n) is 4.47. The zero-order chi connectivity index (χ0) is 14.7. The Morgan fingerprint density at radius 2 is 2.29 bits per heavy atom. The summed E-state index contributed by atoms with van der Waals surface area (Å²) >= 11 is 6.31. The number of hydrogen-bond donors (Lipinski definition) is 1. The van der Waals surface area contributed by atoms with Crippen LogP contribution in [0.4, 0.5) is 5.69 Å². The highest BCUT2D eigenvalue weighted by atomic mass is 35.5. The first-order chi connectivity index (χ1) is 10.3. The minimum atomic E-state index is 0.649. The number of hydrogen-bond acceptors (Lipinski definition) is 3. The van der Waals surface area contributed by atoms with Gasteiger partial charge in [-0.25, -0.2) is 9.67 Å². The summed E-state index contributed by atoms with van der Waals surface area (Å²) in [4.78, 5) is 4.07. The van der Waals surface area contributed by atoms with E-state index in [2.05, 4.69) is 22.0 Å². The molecule has 0 amide bonds. The number of aromatic nitrogens is 4. The van der Waals surface area contributed by atoms with E-state index in [-0.39, 0.29) is 0 Å². The Bertz CT molecular complexity index is 745. The number of anilines is 1. The third-order valence-corrected chi connectivity index (χ3v) is 3.38. The van der Waals surface area contributed by atoms with Crippen molar-refractivity contribution in [1.29, 1.82) is 0 Å². The minimum Gasteiger partial charge on any atom is -0.379 e. The number of nitrogens with one attached hydrogen (secondary N) is 1. The fourth-order valence-electron chi connectivity index (χ4n) is 2.08. The van der Waals surface area contributed by atoms with E-state index in [1.54, 1.807) is 29.6 Å². The summed E-state index contributed by atoms with van der Waals surface area (Å²) in [6.07, 6.45) is 10.7. The Morgan fingerprint density at radius 1 is 1.38 bits per heavy atom. The largest absolute Gasteiger partial charge is 0.379 e.